The number of phenols is 1. The van der Waals surface area contributed by atoms with Gasteiger partial charge >= 0.3 is 12.1 Å². The Bertz CT molecular complexity index is 913. The van der Waals surface area contributed by atoms with Gasteiger partial charge in [-0.2, -0.15) is 0 Å². The van der Waals surface area contributed by atoms with Crippen LogP contribution in [0.5, 0.6) is 11.5 Å². The summed E-state index contributed by atoms with van der Waals surface area (Å²) < 4.78 is 10.8. The molecule has 2 atom stereocenters. The molecular weight excluding hydrogens is 418 g/mol. The third kappa shape index (κ3) is 7.57. The quantitative estimate of drug-likeness (QED) is 0.329. The molecule has 166 valence electrons. The number of aromatic hydroxyl groups is 1. The number of methoxy groups -OCH3 is 1. The molecule has 0 aliphatic carbocycles. The summed E-state index contributed by atoms with van der Waals surface area (Å²) in [6, 6.07) is 12.2. The molecule has 0 aliphatic heterocycles. The Kier molecular flexibility index (Phi) is 9.27. The molecule has 0 bridgehead atoms. The van der Waals surface area contributed by atoms with Crippen LogP contribution >= 0.6 is 11.8 Å². The Balaban J connectivity index is 2.16. The lowest BCUT2D eigenvalue weighted by atomic mass is 9.92. The Labute approximate surface area is 186 Å². The number of carbonyl (C=O) groups is 2. The predicted octanol–water partition coefficient (Wildman–Crippen LogP) is 5.47. The van der Waals surface area contributed by atoms with Gasteiger partial charge in [0.2, 0.25) is 0 Å². The van der Waals surface area contributed by atoms with E-state index in [1.165, 1.54) is 13.2 Å². The monoisotopic (exact) mass is 445 g/mol. The Morgan fingerprint density at radius 1 is 1.19 bits per heavy atom. The fraction of sp³-hybridized carbons (Fsp3) is 0.304. The number of ether oxygens (including phenoxy) is 2. The van der Waals surface area contributed by atoms with Crippen LogP contribution in [0.1, 0.15) is 31.4 Å². The molecule has 0 fully saturated rings. The summed E-state index contributed by atoms with van der Waals surface area (Å²) in [5.41, 5.74) is 1.22. The average molecular weight is 446 g/mol. The Morgan fingerprint density at radius 3 is 2.48 bits per heavy atom. The molecule has 0 aromatic heterocycles. The number of allylic oxidation sites excluding steroid dienone is 1. The van der Waals surface area contributed by atoms with E-state index in [-0.39, 0.29) is 11.7 Å². The minimum absolute atomic E-state index is 0.0559. The average Bonchev–Trinajstić information content (AvgIpc) is 2.75. The summed E-state index contributed by atoms with van der Waals surface area (Å²) in [6.07, 6.45) is 4.44. The van der Waals surface area contributed by atoms with Crippen LogP contribution in [0.4, 0.5) is 10.5 Å². The zero-order chi connectivity index (χ0) is 22.8. The van der Waals surface area contributed by atoms with Crippen LogP contribution in [-0.4, -0.2) is 35.6 Å². The lowest BCUT2D eigenvalue weighted by Crippen LogP contribution is -2.22. The Morgan fingerprint density at radius 2 is 1.90 bits per heavy atom. The van der Waals surface area contributed by atoms with Gasteiger partial charge in [0.15, 0.2) is 11.5 Å². The van der Waals surface area contributed by atoms with Gasteiger partial charge in [-0.1, -0.05) is 19.1 Å². The minimum Gasteiger partial charge on any atom is -0.504 e. The molecule has 3 N–H and O–H groups in total. The zero-order valence-corrected chi connectivity index (χ0v) is 18.5. The van der Waals surface area contributed by atoms with Crippen molar-refractivity contribution in [3.8, 4) is 11.5 Å². The smallest absolute Gasteiger partial charge is 0.412 e. The van der Waals surface area contributed by atoms with Crippen molar-refractivity contribution in [2.75, 3.05) is 18.7 Å². The topological polar surface area (TPSA) is 105 Å². The van der Waals surface area contributed by atoms with E-state index in [0.29, 0.717) is 29.8 Å². The first kappa shape index (κ1) is 24.1. The number of anilines is 1. The lowest BCUT2D eigenvalue weighted by molar-refractivity contribution is -0.131. The summed E-state index contributed by atoms with van der Waals surface area (Å²) in [5, 5.41) is 21.6. The van der Waals surface area contributed by atoms with Crippen LogP contribution < -0.4 is 10.1 Å². The molecular formula is C23H27NO6S. The van der Waals surface area contributed by atoms with Crippen LogP contribution in [0.3, 0.4) is 0 Å². The molecule has 0 saturated heterocycles. The molecule has 2 aromatic rings. The third-order valence-corrected chi connectivity index (χ3v) is 5.41. The normalized spacial score (nSPS) is 12.9. The van der Waals surface area contributed by atoms with E-state index in [9.17, 15) is 14.7 Å². The van der Waals surface area contributed by atoms with Crippen LogP contribution in [0.15, 0.2) is 59.5 Å². The molecule has 2 rings (SSSR count). The van der Waals surface area contributed by atoms with Gasteiger partial charge in [0, 0.05) is 16.7 Å². The number of hydrogen-bond donors (Lipinski definition) is 3. The number of carbonyl (C=O) groups excluding carboxylic acids is 1. The van der Waals surface area contributed by atoms with Gasteiger partial charge in [-0.25, -0.2) is 9.59 Å². The second-order valence-electron chi connectivity index (χ2n) is 6.91. The van der Waals surface area contributed by atoms with Gasteiger partial charge in [0.05, 0.1) is 7.11 Å². The van der Waals surface area contributed by atoms with Crippen molar-refractivity contribution >= 4 is 29.5 Å². The molecule has 0 saturated carbocycles. The fourth-order valence-corrected chi connectivity index (χ4v) is 3.44. The number of benzene rings is 2. The second kappa shape index (κ2) is 11.9. The minimum atomic E-state index is -1.01. The van der Waals surface area contributed by atoms with Gasteiger partial charge < -0.3 is 19.7 Å². The van der Waals surface area contributed by atoms with Gasteiger partial charge in [-0.3, -0.25) is 5.32 Å². The maximum absolute atomic E-state index is 12.6. The van der Waals surface area contributed by atoms with Crippen LogP contribution in [0, 0.1) is 5.92 Å². The number of hydrogen-bond acceptors (Lipinski definition) is 6. The van der Waals surface area contributed by atoms with Crippen LogP contribution in [0.25, 0.3) is 0 Å². The molecule has 0 heterocycles. The number of carboxylic acids is 1. The molecule has 0 aliphatic rings. The maximum Gasteiger partial charge on any atom is 0.412 e. The number of phenolic OH excluding ortho intramolecular Hbond substituents is 1. The SMILES string of the molecule is COc1ccc([C@@H](OC(=O)Nc2ccc(SC)cc2)[C@H](C)CC/C=C/C(=O)O)cc1O. The fourth-order valence-electron chi connectivity index (χ4n) is 3.03. The first-order chi connectivity index (χ1) is 14.8. The molecule has 31 heavy (non-hydrogen) atoms. The molecule has 1 amide bonds. The van der Waals surface area contributed by atoms with Gasteiger partial charge in [0.1, 0.15) is 6.10 Å². The number of nitrogens with one attached hydrogen (secondary N) is 1. The number of thioether (sulfide) groups is 1. The number of rotatable bonds is 10. The van der Waals surface area contributed by atoms with E-state index >= 15 is 0 Å². The second-order valence-corrected chi connectivity index (χ2v) is 7.79. The summed E-state index contributed by atoms with van der Waals surface area (Å²) in [5.74, 6) is -0.888. The van der Waals surface area contributed by atoms with Gasteiger partial charge in [-0.05, 0) is 67.0 Å². The first-order valence-electron chi connectivity index (χ1n) is 9.72. The maximum atomic E-state index is 12.6. The van der Waals surface area contributed by atoms with E-state index in [2.05, 4.69) is 5.32 Å². The number of aliphatic carboxylic acids is 1. The summed E-state index contributed by atoms with van der Waals surface area (Å²) in [7, 11) is 1.45. The predicted molar refractivity (Wildman–Crippen MR) is 121 cm³/mol. The zero-order valence-electron chi connectivity index (χ0n) is 17.7. The molecule has 0 unspecified atom stereocenters. The number of carboxylic acid groups (broad SMARTS) is 1. The van der Waals surface area contributed by atoms with Crippen molar-refractivity contribution in [3.63, 3.8) is 0 Å². The molecule has 7 nitrogen and oxygen atoms in total. The third-order valence-electron chi connectivity index (χ3n) is 4.67. The van der Waals surface area contributed by atoms with Gasteiger partial charge in [-0.15, -0.1) is 11.8 Å². The Hall–Kier alpha value is -3.13. The highest BCUT2D eigenvalue weighted by molar-refractivity contribution is 7.98. The van der Waals surface area contributed by atoms with Crippen molar-refractivity contribution < 1.29 is 29.3 Å². The molecule has 0 spiro atoms. The molecule has 0 radical (unpaired) electrons. The summed E-state index contributed by atoms with van der Waals surface area (Å²) in [4.78, 5) is 24.3. The highest BCUT2D eigenvalue weighted by Gasteiger charge is 2.24. The highest BCUT2D eigenvalue weighted by Crippen LogP contribution is 2.35. The molecule has 2 aromatic carbocycles. The van der Waals surface area contributed by atoms with E-state index in [0.717, 1.165) is 11.0 Å². The highest BCUT2D eigenvalue weighted by atomic mass is 32.2. The van der Waals surface area contributed by atoms with Crippen LogP contribution in [0.2, 0.25) is 0 Å². The van der Waals surface area contributed by atoms with Gasteiger partial charge in [0.25, 0.3) is 0 Å². The number of amides is 1. The van der Waals surface area contributed by atoms with E-state index in [1.807, 2.05) is 25.3 Å². The molecule has 8 heteroatoms. The van der Waals surface area contributed by atoms with E-state index in [4.69, 9.17) is 14.6 Å². The largest absolute Gasteiger partial charge is 0.504 e. The van der Waals surface area contributed by atoms with Crippen molar-refractivity contribution in [1.29, 1.82) is 0 Å². The standard InChI is InChI=1S/C23H27NO6S/c1-15(6-4-5-7-21(26)27)22(16-8-13-20(29-2)19(25)14-16)30-23(28)24-17-9-11-18(31-3)12-10-17/h5,7-15,22,25H,4,6H2,1-3H3,(H,24,28)(H,26,27)/b7-5+/t15-,22+/m1/s1. The lowest BCUT2D eigenvalue weighted by Gasteiger charge is -2.25. The summed E-state index contributed by atoms with van der Waals surface area (Å²) in [6.45, 7) is 1.90. The van der Waals surface area contributed by atoms with E-state index in [1.54, 1.807) is 42.1 Å². The van der Waals surface area contributed by atoms with Crippen LogP contribution in [-0.2, 0) is 9.53 Å². The van der Waals surface area contributed by atoms with Crippen molar-refractivity contribution in [3.05, 3.63) is 60.2 Å². The van der Waals surface area contributed by atoms with Crippen molar-refractivity contribution in [2.45, 2.75) is 30.8 Å². The van der Waals surface area contributed by atoms with Crippen molar-refractivity contribution in [2.24, 2.45) is 5.92 Å². The van der Waals surface area contributed by atoms with E-state index < -0.39 is 18.2 Å². The van der Waals surface area contributed by atoms with Crippen molar-refractivity contribution in [1.82, 2.24) is 0 Å². The summed E-state index contributed by atoms with van der Waals surface area (Å²) >= 11 is 1.60. The first-order valence-corrected chi connectivity index (χ1v) is 10.9.